The maximum Gasteiger partial charge on any atom is 0.325 e. The van der Waals surface area contributed by atoms with Gasteiger partial charge in [-0.2, -0.15) is 0 Å². The molecule has 0 aromatic heterocycles. The van der Waals surface area contributed by atoms with E-state index < -0.39 is 29.9 Å². The Labute approximate surface area is 190 Å². The minimum atomic E-state index is -1.32. The highest BCUT2D eigenvalue weighted by atomic mass is 16.7. The molecule has 0 bridgehead atoms. The first kappa shape index (κ1) is 20.6. The standard InChI is InChI=1S/C25H21N3O5/c1-25(17-11-12-20-21(13-17)33-15-32-20)23(30)28(24(31)27-25)14-22(29)26-19-10-6-5-9-18(19)16-7-3-2-4-8-16/h2-13H,14-15H2,1H3,(H,26,29)(H,27,31)/t25-/m1/s1. The number of fused-ring (bicyclic) bond motifs is 1. The Bertz CT molecular complexity index is 1260. The van der Waals surface area contributed by atoms with Crippen molar-refractivity contribution in [3.05, 3.63) is 78.4 Å². The third kappa shape index (κ3) is 3.65. The van der Waals surface area contributed by atoms with Crippen molar-refractivity contribution in [2.24, 2.45) is 0 Å². The van der Waals surface area contributed by atoms with Crippen LogP contribution in [-0.4, -0.2) is 36.1 Å². The number of carbonyl (C=O) groups excluding carboxylic acids is 3. The van der Waals surface area contributed by atoms with Crippen LogP contribution in [0.1, 0.15) is 12.5 Å². The van der Waals surface area contributed by atoms with Gasteiger partial charge in [-0.25, -0.2) is 4.79 Å². The maximum absolute atomic E-state index is 13.2. The number of hydrogen-bond donors (Lipinski definition) is 2. The summed E-state index contributed by atoms with van der Waals surface area (Å²) < 4.78 is 10.7. The average molecular weight is 443 g/mol. The normalized spacial score (nSPS) is 18.9. The van der Waals surface area contributed by atoms with E-state index in [0.717, 1.165) is 16.0 Å². The Morgan fingerprint density at radius 2 is 1.73 bits per heavy atom. The fourth-order valence-corrected chi connectivity index (χ4v) is 4.04. The molecule has 1 saturated heterocycles. The first-order chi connectivity index (χ1) is 16.0. The lowest BCUT2D eigenvalue weighted by Crippen LogP contribution is -2.42. The van der Waals surface area contributed by atoms with E-state index >= 15 is 0 Å². The predicted molar refractivity (Wildman–Crippen MR) is 121 cm³/mol. The molecule has 33 heavy (non-hydrogen) atoms. The van der Waals surface area contributed by atoms with Crippen LogP contribution in [0.25, 0.3) is 11.1 Å². The second kappa shape index (κ2) is 7.98. The van der Waals surface area contributed by atoms with Gasteiger partial charge in [0.2, 0.25) is 12.7 Å². The monoisotopic (exact) mass is 443 g/mol. The summed E-state index contributed by atoms with van der Waals surface area (Å²) in [6.07, 6.45) is 0. The highest BCUT2D eigenvalue weighted by Crippen LogP contribution is 2.38. The summed E-state index contributed by atoms with van der Waals surface area (Å²) in [5.41, 5.74) is 1.61. The lowest BCUT2D eigenvalue weighted by atomic mass is 9.91. The summed E-state index contributed by atoms with van der Waals surface area (Å²) >= 11 is 0. The molecule has 1 fully saturated rings. The first-order valence-electron chi connectivity index (χ1n) is 10.4. The van der Waals surface area contributed by atoms with Gasteiger partial charge in [-0.05, 0) is 36.2 Å². The molecule has 2 N–H and O–H groups in total. The van der Waals surface area contributed by atoms with E-state index in [1.165, 1.54) is 0 Å². The number of ether oxygens (including phenoxy) is 2. The van der Waals surface area contributed by atoms with Gasteiger partial charge in [-0.3, -0.25) is 14.5 Å². The van der Waals surface area contributed by atoms with Crippen LogP contribution in [0, 0.1) is 0 Å². The number of rotatable bonds is 5. The third-order valence-electron chi connectivity index (χ3n) is 5.81. The van der Waals surface area contributed by atoms with Gasteiger partial charge in [0.05, 0.1) is 0 Å². The van der Waals surface area contributed by atoms with E-state index in [9.17, 15) is 14.4 Å². The number of benzene rings is 3. The Hall–Kier alpha value is -4.33. The molecule has 4 amide bonds. The highest BCUT2D eigenvalue weighted by molar-refractivity contribution is 6.10. The number of anilines is 1. The summed E-state index contributed by atoms with van der Waals surface area (Å²) in [5, 5.41) is 5.53. The van der Waals surface area contributed by atoms with Gasteiger partial charge < -0.3 is 20.1 Å². The lowest BCUT2D eigenvalue weighted by Gasteiger charge is -2.22. The van der Waals surface area contributed by atoms with E-state index in [-0.39, 0.29) is 6.79 Å². The topological polar surface area (TPSA) is 97.0 Å². The quantitative estimate of drug-likeness (QED) is 0.589. The summed E-state index contributed by atoms with van der Waals surface area (Å²) in [6.45, 7) is 1.30. The molecule has 3 aromatic rings. The number of hydrogen-bond acceptors (Lipinski definition) is 5. The molecule has 2 aliphatic rings. The van der Waals surface area contributed by atoms with Crippen molar-refractivity contribution in [1.82, 2.24) is 10.2 Å². The summed E-state index contributed by atoms with van der Waals surface area (Å²) in [5.74, 6) is 0.0894. The molecule has 5 rings (SSSR count). The summed E-state index contributed by atoms with van der Waals surface area (Å²) in [6, 6.07) is 21.4. The van der Waals surface area contributed by atoms with Gasteiger partial charge in [0, 0.05) is 11.3 Å². The Balaban J connectivity index is 1.34. The summed E-state index contributed by atoms with van der Waals surface area (Å²) in [7, 11) is 0. The van der Waals surface area contributed by atoms with Crippen LogP contribution < -0.4 is 20.1 Å². The summed E-state index contributed by atoms with van der Waals surface area (Å²) in [4.78, 5) is 39.6. The minimum absolute atomic E-state index is 0.104. The van der Waals surface area contributed by atoms with E-state index in [2.05, 4.69) is 10.6 Å². The molecule has 0 unspecified atom stereocenters. The van der Waals surface area contributed by atoms with Gasteiger partial charge in [0.25, 0.3) is 5.91 Å². The van der Waals surface area contributed by atoms with Crippen LogP contribution in [0.4, 0.5) is 10.5 Å². The van der Waals surface area contributed by atoms with Crippen LogP contribution in [0.15, 0.2) is 72.8 Å². The van der Waals surface area contributed by atoms with Crippen LogP contribution in [-0.2, 0) is 15.1 Å². The van der Waals surface area contributed by atoms with Crippen LogP contribution in [0.2, 0.25) is 0 Å². The Morgan fingerprint density at radius 3 is 2.55 bits per heavy atom. The Kier molecular flexibility index (Phi) is 4.97. The van der Waals surface area contributed by atoms with Crippen LogP contribution >= 0.6 is 0 Å². The number of para-hydroxylation sites is 1. The molecule has 0 radical (unpaired) electrons. The average Bonchev–Trinajstić information content (AvgIpc) is 3.38. The Morgan fingerprint density at radius 1 is 1.00 bits per heavy atom. The van der Waals surface area contributed by atoms with E-state index in [1.54, 1.807) is 31.2 Å². The molecule has 8 heteroatoms. The van der Waals surface area contributed by atoms with Gasteiger partial charge in [-0.1, -0.05) is 54.6 Å². The van der Waals surface area contributed by atoms with Gasteiger partial charge in [-0.15, -0.1) is 0 Å². The van der Waals surface area contributed by atoms with E-state index in [1.807, 2.05) is 48.5 Å². The number of amides is 4. The fraction of sp³-hybridized carbons (Fsp3) is 0.160. The maximum atomic E-state index is 13.2. The number of imide groups is 1. The first-order valence-corrected chi connectivity index (χ1v) is 10.4. The molecule has 166 valence electrons. The zero-order valence-electron chi connectivity index (χ0n) is 17.8. The van der Waals surface area contributed by atoms with Gasteiger partial charge >= 0.3 is 6.03 Å². The molecule has 2 heterocycles. The minimum Gasteiger partial charge on any atom is -0.454 e. The molecule has 0 spiro atoms. The molecule has 0 aliphatic carbocycles. The fourth-order valence-electron chi connectivity index (χ4n) is 4.04. The lowest BCUT2D eigenvalue weighted by molar-refractivity contribution is -0.133. The molecule has 3 aromatic carbocycles. The highest BCUT2D eigenvalue weighted by Gasteiger charge is 2.49. The van der Waals surface area contributed by atoms with Crippen molar-refractivity contribution in [1.29, 1.82) is 0 Å². The second-order valence-electron chi connectivity index (χ2n) is 7.97. The van der Waals surface area contributed by atoms with Crippen molar-refractivity contribution < 1.29 is 23.9 Å². The van der Waals surface area contributed by atoms with Gasteiger partial charge in [0.1, 0.15) is 12.1 Å². The third-order valence-corrected chi connectivity index (χ3v) is 5.81. The van der Waals surface area contributed by atoms with Crippen LogP contribution in [0.5, 0.6) is 11.5 Å². The van der Waals surface area contributed by atoms with Crippen molar-refractivity contribution in [2.45, 2.75) is 12.5 Å². The van der Waals surface area contributed by atoms with Crippen LogP contribution in [0.3, 0.4) is 0 Å². The van der Waals surface area contributed by atoms with Crippen molar-refractivity contribution in [3.8, 4) is 22.6 Å². The van der Waals surface area contributed by atoms with Crippen molar-refractivity contribution in [3.63, 3.8) is 0 Å². The van der Waals surface area contributed by atoms with E-state index in [0.29, 0.717) is 22.7 Å². The second-order valence-corrected chi connectivity index (χ2v) is 7.97. The number of carbonyl (C=O) groups is 3. The number of nitrogens with zero attached hydrogens (tertiary/aromatic N) is 1. The molecule has 0 saturated carbocycles. The van der Waals surface area contributed by atoms with Crippen molar-refractivity contribution >= 4 is 23.5 Å². The molecular weight excluding hydrogens is 422 g/mol. The molecule has 8 nitrogen and oxygen atoms in total. The van der Waals surface area contributed by atoms with Crippen molar-refractivity contribution in [2.75, 3.05) is 18.7 Å². The zero-order chi connectivity index (χ0) is 23.0. The van der Waals surface area contributed by atoms with E-state index in [4.69, 9.17) is 9.47 Å². The SMILES string of the molecule is C[C@]1(c2ccc3c(c2)OCO3)NC(=O)N(CC(=O)Nc2ccccc2-c2ccccc2)C1=O. The number of nitrogens with one attached hydrogen (secondary N) is 2. The smallest absolute Gasteiger partial charge is 0.325 e. The molecule has 1 atom stereocenters. The largest absolute Gasteiger partial charge is 0.454 e. The number of urea groups is 1. The molecule has 2 aliphatic heterocycles. The van der Waals surface area contributed by atoms with Gasteiger partial charge in [0.15, 0.2) is 11.5 Å². The molecular formula is C25H21N3O5. The predicted octanol–water partition coefficient (Wildman–Crippen LogP) is 3.49. The zero-order valence-corrected chi connectivity index (χ0v) is 17.8.